The van der Waals surface area contributed by atoms with E-state index in [4.69, 9.17) is 11.6 Å². The fraction of sp³-hybridized carbons (Fsp3) is 0.529. The summed E-state index contributed by atoms with van der Waals surface area (Å²) in [6, 6.07) is 7.02. The molecule has 2 aliphatic rings. The second-order valence-electron chi connectivity index (χ2n) is 6.39. The largest absolute Gasteiger partial charge is 0.316 e. The summed E-state index contributed by atoms with van der Waals surface area (Å²) in [6.07, 6.45) is 1.50. The number of aliphatic imine (C=N–C) groups is 1. The number of carbonyl (C=O) groups excluding carboxylic acids is 1. The van der Waals surface area contributed by atoms with Crippen molar-refractivity contribution in [2.75, 3.05) is 16.4 Å². The zero-order chi connectivity index (χ0) is 18.2. The van der Waals surface area contributed by atoms with Gasteiger partial charge in [0.2, 0.25) is 0 Å². The number of amides is 1. The first-order valence-electron chi connectivity index (χ1n) is 8.39. The molecular weight excluding hydrogens is 380 g/mol. The molecule has 0 spiro atoms. The van der Waals surface area contributed by atoms with Gasteiger partial charge in [-0.2, -0.15) is 4.99 Å². The van der Waals surface area contributed by atoms with Crippen LogP contribution in [-0.2, 0) is 14.6 Å². The van der Waals surface area contributed by atoms with Crippen molar-refractivity contribution in [2.24, 2.45) is 10.9 Å². The third kappa shape index (κ3) is 3.88. The summed E-state index contributed by atoms with van der Waals surface area (Å²) in [5.41, 5.74) is 0.817. The van der Waals surface area contributed by atoms with Crippen molar-refractivity contribution in [3.8, 4) is 0 Å². The zero-order valence-electron chi connectivity index (χ0n) is 14.2. The Labute approximate surface area is 157 Å². The quantitative estimate of drug-likeness (QED) is 0.775. The normalized spacial score (nSPS) is 26.4. The minimum atomic E-state index is -3.06. The number of hydrogen-bond acceptors (Lipinski definition) is 4. The number of anilines is 1. The van der Waals surface area contributed by atoms with Gasteiger partial charge in [-0.1, -0.05) is 37.2 Å². The Morgan fingerprint density at radius 3 is 2.52 bits per heavy atom. The molecule has 2 heterocycles. The van der Waals surface area contributed by atoms with Gasteiger partial charge in [0.05, 0.1) is 17.5 Å². The Kier molecular flexibility index (Phi) is 5.46. The van der Waals surface area contributed by atoms with E-state index < -0.39 is 9.84 Å². The first-order chi connectivity index (χ1) is 11.8. The minimum Gasteiger partial charge on any atom is -0.316 e. The van der Waals surface area contributed by atoms with E-state index >= 15 is 0 Å². The smallest absolute Gasteiger partial charge is 0.251 e. The number of benzene rings is 1. The van der Waals surface area contributed by atoms with Crippen molar-refractivity contribution in [1.82, 2.24) is 0 Å². The summed E-state index contributed by atoms with van der Waals surface area (Å²) in [6.45, 7) is 3.96. The van der Waals surface area contributed by atoms with Gasteiger partial charge in [-0.15, -0.1) is 0 Å². The van der Waals surface area contributed by atoms with Gasteiger partial charge in [0.15, 0.2) is 15.0 Å². The lowest BCUT2D eigenvalue weighted by Crippen LogP contribution is -2.37. The number of halogens is 1. The van der Waals surface area contributed by atoms with Gasteiger partial charge < -0.3 is 4.90 Å². The molecule has 0 aliphatic carbocycles. The van der Waals surface area contributed by atoms with E-state index in [-0.39, 0.29) is 34.6 Å². The average Bonchev–Trinajstić information content (AvgIpc) is 3.00. The van der Waals surface area contributed by atoms with Crippen LogP contribution in [0.15, 0.2) is 29.3 Å². The van der Waals surface area contributed by atoms with Gasteiger partial charge in [0.25, 0.3) is 5.91 Å². The van der Waals surface area contributed by atoms with Gasteiger partial charge in [-0.05, 0) is 37.1 Å². The number of thioether (sulfide) groups is 1. The molecule has 0 saturated carbocycles. The van der Waals surface area contributed by atoms with Crippen molar-refractivity contribution in [3.63, 3.8) is 0 Å². The highest BCUT2D eigenvalue weighted by molar-refractivity contribution is 8.16. The molecule has 2 aliphatic heterocycles. The standard InChI is InChI=1S/C17H21ClN2O3S2/c1-3-11(4-2)16(21)19-17-20(13-7-5-12(18)6-8-13)14-9-25(22,23)10-15(14)24-17/h5-8,11,14-15H,3-4,9-10H2,1-2H3/t14-,15-/m1/s1. The molecule has 2 fully saturated rings. The van der Waals surface area contributed by atoms with Gasteiger partial charge in [-0.3, -0.25) is 4.79 Å². The van der Waals surface area contributed by atoms with Crippen molar-refractivity contribution in [1.29, 1.82) is 0 Å². The van der Waals surface area contributed by atoms with Crippen LogP contribution < -0.4 is 4.90 Å². The van der Waals surface area contributed by atoms with Crippen molar-refractivity contribution in [3.05, 3.63) is 29.3 Å². The lowest BCUT2D eigenvalue weighted by molar-refractivity contribution is -0.121. The fourth-order valence-electron chi connectivity index (χ4n) is 3.29. The molecular formula is C17H21ClN2O3S2. The number of fused-ring (bicyclic) bond motifs is 1. The molecule has 0 bridgehead atoms. The maximum Gasteiger partial charge on any atom is 0.251 e. The topological polar surface area (TPSA) is 66.8 Å². The number of rotatable bonds is 4. The molecule has 1 aromatic carbocycles. The van der Waals surface area contributed by atoms with Crippen LogP contribution in [0.2, 0.25) is 5.02 Å². The lowest BCUT2D eigenvalue weighted by Gasteiger charge is -2.24. The highest BCUT2D eigenvalue weighted by Crippen LogP contribution is 2.41. The number of nitrogens with zero attached hydrogens (tertiary/aromatic N) is 2. The molecule has 8 heteroatoms. The molecule has 5 nitrogen and oxygen atoms in total. The number of carbonyl (C=O) groups is 1. The predicted molar refractivity (Wildman–Crippen MR) is 104 cm³/mol. The van der Waals surface area contributed by atoms with Crippen LogP contribution in [0.5, 0.6) is 0 Å². The SMILES string of the molecule is CCC(CC)C(=O)N=C1S[C@@H]2CS(=O)(=O)C[C@H]2N1c1ccc(Cl)cc1. The Morgan fingerprint density at radius 2 is 1.92 bits per heavy atom. The monoisotopic (exact) mass is 400 g/mol. The van der Waals surface area contributed by atoms with E-state index in [2.05, 4.69) is 4.99 Å². The van der Waals surface area contributed by atoms with E-state index in [1.807, 2.05) is 30.9 Å². The molecule has 0 unspecified atom stereocenters. The third-order valence-electron chi connectivity index (χ3n) is 4.71. The molecule has 1 amide bonds. The molecule has 136 valence electrons. The van der Waals surface area contributed by atoms with Gasteiger partial charge in [-0.25, -0.2) is 8.42 Å². The zero-order valence-corrected chi connectivity index (χ0v) is 16.6. The van der Waals surface area contributed by atoms with Crippen molar-refractivity contribution < 1.29 is 13.2 Å². The van der Waals surface area contributed by atoms with E-state index in [1.54, 1.807) is 12.1 Å². The van der Waals surface area contributed by atoms with E-state index in [0.717, 1.165) is 18.5 Å². The second kappa shape index (κ2) is 7.29. The van der Waals surface area contributed by atoms with Crippen LogP contribution in [0.4, 0.5) is 5.69 Å². The van der Waals surface area contributed by atoms with Crippen LogP contribution in [-0.4, -0.2) is 42.3 Å². The average molecular weight is 401 g/mol. The van der Waals surface area contributed by atoms with E-state index in [9.17, 15) is 13.2 Å². The van der Waals surface area contributed by atoms with Crippen LogP contribution in [0.1, 0.15) is 26.7 Å². The van der Waals surface area contributed by atoms with Gasteiger partial charge in [0, 0.05) is 21.9 Å². The second-order valence-corrected chi connectivity index (χ2v) is 10.2. The maximum atomic E-state index is 12.5. The van der Waals surface area contributed by atoms with Crippen LogP contribution in [0.25, 0.3) is 0 Å². The van der Waals surface area contributed by atoms with Crippen LogP contribution in [0.3, 0.4) is 0 Å². The summed E-state index contributed by atoms with van der Waals surface area (Å²) < 4.78 is 24.1. The first kappa shape index (κ1) is 18.7. The van der Waals surface area contributed by atoms with Gasteiger partial charge >= 0.3 is 0 Å². The molecule has 2 saturated heterocycles. The summed E-state index contributed by atoms with van der Waals surface area (Å²) in [5.74, 6) is -0.00513. The summed E-state index contributed by atoms with van der Waals surface area (Å²) in [5, 5.41) is 1.12. The fourth-order valence-corrected chi connectivity index (χ4v) is 7.34. The number of amidine groups is 1. The third-order valence-corrected chi connectivity index (χ3v) is 8.17. The minimum absolute atomic E-state index is 0.0888. The Morgan fingerprint density at radius 1 is 1.28 bits per heavy atom. The highest BCUT2D eigenvalue weighted by Gasteiger charge is 2.49. The van der Waals surface area contributed by atoms with E-state index in [0.29, 0.717) is 10.2 Å². The van der Waals surface area contributed by atoms with E-state index in [1.165, 1.54) is 11.8 Å². The molecule has 25 heavy (non-hydrogen) atoms. The van der Waals surface area contributed by atoms with Gasteiger partial charge in [0.1, 0.15) is 0 Å². The Bertz CT molecular complexity index is 789. The predicted octanol–water partition coefficient (Wildman–Crippen LogP) is 3.38. The number of hydrogen-bond donors (Lipinski definition) is 0. The number of sulfone groups is 1. The molecule has 3 rings (SSSR count). The first-order valence-corrected chi connectivity index (χ1v) is 11.5. The molecule has 0 aromatic heterocycles. The lowest BCUT2D eigenvalue weighted by atomic mass is 10.0. The Balaban J connectivity index is 1.97. The summed E-state index contributed by atoms with van der Waals surface area (Å²) in [7, 11) is -3.06. The molecule has 2 atom stereocenters. The highest BCUT2D eigenvalue weighted by atomic mass is 35.5. The summed E-state index contributed by atoms with van der Waals surface area (Å²) >= 11 is 7.37. The van der Waals surface area contributed by atoms with Crippen molar-refractivity contribution >= 4 is 50.0 Å². The molecule has 1 aromatic rings. The van der Waals surface area contributed by atoms with Crippen LogP contribution in [0, 0.1) is 5.92 Å². The maximum absolute atomic E-state index is 12.5. The molecule has 0 N–H and O–H groups in total. The Hall–Kier alpha value is -1.05. The van der Waals surface area contributed by atoms with Crippen LogP contribution >= 0.6 is 23.4 Å². The van der Waals surface area contributed by atoms with Crippen molar-refractivity contribution in [2.45, 2.75) is 38.0 Å². The molecule has 0 radical (unpaired) electrons. The summed E-state index contributed by atoms with van der Waals surface area (Å²) in [4.78, 5) is 18.7.